The van der Waals surface area contributed by atoms with Gasteiger partial charge in [-0.2, -0.15) is 0 Å². The van der Waals surface area contributed by atoms with E-state index in [4.69, 9.17) is 9.47 Å². The lowest BCUT2D eigenvalue weighted by molar-refractivity contribution is 0.103. The minimum Gasteiger partial charge on any atom is -0.492 e. The molecule has 5 heteroatoms. The Hall–Kier alpha value is -3.15. The molecule has 2 aliphatic heterocycles. The molecule has 0 spiro atoms. The molecule has 0 unspecified atom stereocenters. The number of likely N-dealkylation sites (tertiary alicyclic amines) is 2. The van der Waals surface area contributed by atoms with Gasteiger partial charge in [-0.1, -0.05) is 36.4 Å². The van der Waals surface area contributed by atoms with Crippen molar-refractivity contribution in [2.75, 3.05) is 52.5 Å². The van der Waals surface area contributed by atoms with E-state index < -0.39 is 0 Å². The van der Waals surface area contributed by atoms with Crippen LogP contribution in [-0.4, -0.2) is 68.1 Å². The Balaban J connectivity index is 1.20. The third-order valence-corrected chi connectivity index (χ3v) is 7.20. The van der Waals surface area contributed by atoms with Crippen LogP contribution in [0.4, 0.5) is 0 Å². The maximum atomic E-state index is 13.4. The predicted octanol–water partition coefficient (Wildman–Crippen LogP) is 5.53. The molecule has 0 radical (unpaired) electrons. The van der Waals surface area contributed by atoms with E-state index in [1.165, 1.54) is 51.9 Å². The predicted molar refractivity (Wildman–Crippen MR) is 144 cm³/mol. The largest absolute Gasteiger partial charge is 0.492 e. The van der Waals surface area contributed by atoms with Crippen LogP contribution in [0.15, 0.2) is 72.8 Å². The van der Waals surface area contributed by atoms with Gasteiger partial charge in [0.2, 0.25) is 0 Å². The molecule has 5 rings (SSSR count). The van der Waals surface area contributed by atoms with E-state index >= 15 is 0 Å². The van der Waals surface area contributed by atoms with E-state index in [9.17, 15) is 4.79 Å². The summed E-state index contributed by atoms with van der Waals surface area (Å²) in [6, 6.07) is 23.4. The third-order valence-electron chi connectivity index (χ3n) is 7.20. The van der Waals surface area contributed by atoms with Crippen molar-refractivity contribution >= 4 is 5.78 Å². The molecule has 0 bridgehead atoms. The van der Waals surface area contributed by atoms with E-state index in [1.807, 2.05) is 72.8 Å². The monoisotopic (exact) mass is 484 g/mol. The van der Waals surface area contributed by atoms with Crippen molar-refractivity contribution in [1.29, 1.82) is 0 Å². The molecule has 188 valence electrons. The lowest BCUT2D eigenvalue weighted by Gasteiger charge is -2.15. The van der Waals surface area contributed by atoms with Gasteiger partial charge in [-0.25, -0.2) is 0 Å². The first-order chi connectivity index (χ1) is 17.8. The maximum Gasteiger partial charge on any atom is 0.193 e. The van der Waals surface area contributed by atoms with E-state index in [2.05, 4.69) is 9.80 Å². The smallest absolute Gasteiger partial charge is 0.193 e. The number of hydrogen-bond donors (Lipinski definition) is 0. The van der Waals surface area contributed by atoms with Crippen molar-refractivity contribution in [3.05, 3.63) is 83.9 Å². The fourth-order valence-corrected chi connectivity index (χ4v) is 5.12. The number of hydrogen-bond acceptors (Lipinski definition) is 5. The molecular formula is C31H36N2O3. The van der Waals surface area contributed by atoms with Gasteiger partial charge in [-0.05, 0) is 99.4 Å². The topological polar surface area (TPSA) is 42.0 Å². The van der Waals surface area contributed by atoms with Gasteiger partial charge in [0.05, 0.1) is 0 Å². The minimum absolute atomic E-state index is 0.0140. The first-order valence-corrected chi connectivity index (χ1v) is 13.3. The molecule has 0 aliphatic carbocycles. The van der Waals surface area contributed by atoms with Gasteiger partial charge >= 0.3 is 0 Å². The second-order valence-corrected chi connectivity index (χ2v) is 9.72. The molecule has 0 N–H and O–H groups in total. The lowest BCUT2D eigenvalue weighted by atomic mass is 9.94. The molecule has 2 aliphatic rings. The van der Waals surface area contributed by atoms with Gasteiger partial charge in [-0.3, -0.25) is 14.6 Å². The van der Waals surface area contributed by atoms with E-state index in [-0.39, 0.29) is 5.78 Å². The number of ether oxygens (including phenoxy) is 2. The SMILES string of the molecule is O=C(c1ccc(OCCN2CCCC2)cc1)c1ccccc1-c1ccc(OCCN2CCCC2)cc1. The summed E-state index contributed by atoms with van der Waals surface area (Å²) in [4.78, 5) is 18.3. The first kappa shape index (κ1) is 24.5. The van der Waals surface area contributed by atoms with Crippen molar-refractivity contribution in [2.45, 2.75) is 25.7 Å². The standard InChI is InChI=1S/C31H36N2O3/c34-31(26-11-15-28(16-12-26)36-24-22-33-19-5-6-20-33)30-8-2-1-7-29(30)25-9-13-27(14-10-25)35-23-21-32-17-3-4-18-32/h1-2,7-16H,3-6,17-24H2. The molecule has 2 heterocycles. The molecule has 0 aromatic heterocycles. The zero-order chi connectivity index (χ0) is 24.6. The van der Waals surface area contributed by atoms with Crippen LogP contribution < -0.4 is 9.47 Å². The number of carbonyl (C=O) groups excluding carboxylic acids is 1. The Morgan fingerprint density at radius 2 is 1.14 bits per heavy atom. The number of rotatable bonds is 11. The summed E-state index contributed by atoms with van der Waals surface area (Å²) in [5, 5.41) is 0. The van der Waals surface area contributed by atoms with Crippen LogP contribution in [0.3, 0.4) is 0 Å². The Bertz CT molecular complexity index is 1120. The lowest BCUT2D eigenvalue weighted by Crippen LogP contribution is -2.25. The fourth-order valence-electron chi connectivity index (χ4n) is 5.12. The fraction of sp³-hybridized carbons (Fsp3) is 0.387. The van der Waals surface area contributed by atoms with Gasteiger partial charge in [0.25, 0.3) is 0 Å². The van der Waals surface area contributed by atoms with Gasteiger partial charge in [-0.15, -0.1) is 0 Å². The average molecular weight is 485 g/mol. The van der Waals surface area contributed by atoms with Crippen molar-refractivity contribution in [3.63, 3.8) is 0 Å². The summed E-state index contributed by atoms with van der Waals surface area (Å²) in [5.41, 5.74) is 3.30. The van der Waals surface area contributed by atoms with Crippen LogP contribution in [0.1, 0.15) is 41.6 Å². The first-order valence-electron chi connectivity index (χ1n) is 13.3. The number of ketones is 1. The van der Waals surface area contributed by atoms with Crippen LogP contribution in [0.5, 0.6) is 11.5 Å². The van der Waals surface area contributed by atoms with E-state index in [0.29, 0.717) is 24.3 Å². The second-order valence-electron chi connectivity index (χ2n) is 9.72. The summed E-state index contributed by atoms with van der Waals surface area (Å²) in [6.45, 7) is 8.01. The van der Waals surface area contributed by atoms with Gasteiger partial charge in [0, 0.05) is 24.2 Å². The normalized spacial score (nSPS) is 16.3. The maximum absolute atomic E-state index is 13.4. The van der Waals surface area contributed by atoms with Crippen molar-refractivity contribution in [2.24, 2.45) is 0 Å². The highest BCUT2D eigenvalue weighted by Crippen LogP contribution is 2.28. The molecule has 2 saturated heterocycles. The van der Waals surface area contributed by atoms with Crippen LogP contribution in [0.2, 0.25) is 0 Å². The number of carbonyl (C=O) groups is 1. The Morgan fingerprint density at radius 3 is 1.69 bits per heavy atom. The van der Waals surface area contributed by atoms with Crippen molar-refractivity contribution in [3.8, 4) is 22.6 Å². The molecular weight excluding hydrogens is 448 g/mol. The molecule has 0 amide bonds. The number of nitrogens with zero attached hydrogens (tertiary/aromatic N) is 2. The van der Waals surface area contributed by atoms with Gasteiger partial charge in [0.1, 0.15) is 24.7 Å². The summed E-state index contributed by atoms with van der Waals surface area (Å²) in [6.07, 6.45) is 5.16. The summed E-state index contributed by atoms with van der Waals surface area (Å²) >= 11 is 0. The Labute approximate surface area is 214 Å². The summed E-state index contributed by atoms with van der Waals surface area (Å²) < 4.78 is 11.9. The average Bonchev–Trinajstić information content (AvgIpc) is 3.64. The van der Waals surface area contributed by atoms with Crippen LogP contribution in [-0.2, 0) is 0 Å². The number of benzene rings is 3. The van der Waals surface area contributed by atoms with E-state index in [1.54, 1.807) is 0 Å². The highest BCUT2D eigenvalue weighted by Gasteiger charge is 2.16. The molecule has 0 atom stereocenters. The summed E-state index contributed by atoms with van der Waals surface area (Å²) in [7, 11) is 0. The van der Waals surface area contributed by atoms with Crippen molar-refractivity contribution in [1.82, 2.24) is 9.80 Å². The van der Waals surface area contributed by atoms with Crippen LogP contribution >= 0.6 is 0 Å². The molecule has 2 fully saturated rings. The molecule has 36 heavy (non-hydrogen) atoms. The minimum atomic E-state index is 0.0140. The quantitative estimate of drug-likeness (QED) is 0.335. The highest BCUT2D eigenvalue weighted by atomic mass is 16.5. The highest BCUT2D eigenvalue weighted by molar-refractivity contribution is 6.12. The van der Waals surface area contributed by atoms with E-state index in [0.717, 1.165) is 35.7 Å². The zero-order valence-corrected chi connectivity index (χ0v) is 21.0. The summed E-state index contributed by atoms with van der Waals surface area (Å²) in [5.74, 6) is 1.68. The molecule has 3 aromatic rings. The van der Waals surface area contributed by atoms with Crippen LogP contribution in [0, 0.1) is 0 Å². The van der Waals surface area contributed by atoms with Crippen LogP contribution in [0.25, 0.3) is 11.1 Å². The van der Waals surface area contributed by atoms with Gasteiger partial charge < -0.3 is 9.47 Å². The second kappa shape index (κ2) is 12.2. The molecule has 3 aromatic carbocycles. The van der Waals surface area contributed by atoms with Crippen molar-refractivity contribution < 1.29 is 14.3 Å². The van der Waals surface area contributed by atoms with Gasteiger partial charge in [0.15, 0.2) is 5.78 Å². The molecule has 5 nitrogen and oxygen atoms in total. The Morgan fingerprint density at radius 1 is 0.639 bits per heavy atom. The zero-order valence-electron chi connectivity index (χ0n) is 21.0. The third kappa shape index (κ3) is 6.34. The molecule has 0 saturated carbocycles. The Kier molecular flexibility index (Phi) is 8.32.